The van der Waals surface area contributed by atoms with Crippen LogP contribution in [-0.2, 0) is 14.4 Å². The van der Waals surface area contributed by atoms with Gasteiger partial charge in [-0.3, -0.25) is 24.2 Å². The molecule has 2 aliphatic rings. The van der Waals surface area contributed by atoms with E-state index in [0.717, 1.165) is 21.9 Å². The quantitative estimate of drug-likeness (QED) is 0.400. The average Bonchev–Trinajstić information content (AvgIpc) is 3.38. The van der Waals surface area contributed by atoms with Crippen LogP contribution in [0.3, 0.4) is 0 Å². The van der Waals surface area contributed by atoms with Gasteiger partial charge in [-0.25, -0.2) is 18.2 Å². The van der Waals surface area contributed by atoms with Gasteiger partial charge in [-0.05, 0) is 55.3 Å². The van der Waals surface area contributed by atoms with Crippen molar-refractivity contribution >= 4 is 40.8 Å². The molecule has 0 radical (unpaired) electrons. The Labute approximate surface area is 250 Å². The molecule has 12 heteroatoms. The highest BCUT2D eigenvalue weighted by molar-refractivity contribution is 6.31. The molecule has 5 rings (SSSR count). The first-order chi connectivity index (χ1) is 21.6. The second kappa shape index (κ2) is 11.4. The Balaban J connectivity index is 1.72. The third-order valence-electron chi connectivity index (χ3n) is 7.05. The molecule has 42 heavy (non-hydrogen) atoms. The molecule has 8 nitrogen and oxygen atoms in total. The number of hydrogen-bond donors (Lipinski definition) is 1. The van der Waals surface area contributed by atoms with Gasteiger partial charge in [-0.15, -0.1) is 0 Å². The molecule has 2 atom stereocenters. The fraction of sp³-hybridized carbons (Fsp3) is 0.300. The average molecular weight is 600 g/mol. The number of amides is 3. The lowest BCUT2D eigenvalue weighted by molar-refractivity contribution is -0.133. The van der Waals surface area contributed by atoms with Crippen molar-refractivity contribution in [2.45, 2.75) is 56.7 Å². The maximum absolute atomic E-state index is 14.9. The number of carbonyl (C=O) groups is 3. The van der Waals surface area contributed by atoms with Crippen LogP contribution in [0.25, 0.3) is 0 Å². The molecule has 3 aromatic rings. The van der Waals surface area contributed by atoms with Gasteiger partial charge in [0.2, 0.25) is 11.8 Å². The van der Waals surface area contributed by atoms with Gasteiger partial charge in [0.1, 0.15) is 23.7 Å². The van der Waals surface area contributed by atoms with Crippen molar-refractivity contribution in [3.63, 3.8) is 0 Å². The van der Waals surface area contributed by atoms with E-state index < -0.39 is 95.2 Å². The van der Waals surface area contributed by atoms with Crippen LogP contribution in [0.1, 0.15) is 53.9 Å². The first kappa shape index (κ1) is 24.2. The van der Waals surface area contributed by atoms with E-state index in [-0.39, 0.29) is 29.9 Å². The van der Waals surface area contributed by atoms with Crippen molar-refractivity contribution < 1.29 is 33.0 Å². The van der Waals surface area contributed by atoms with Crippen molar-refractivity contribution in [1.82, 2.24) is 10.3 Å². The zero-order chi connectivity index (χ0) is 33.7. The number of rotatable bonds is 7. The molecular weight excluding hydrogens is 571 g/mol. The summed E-state index contributed by atoms with van der Waals surface area (Å²) in [6.45, 7) is 1.51. The smallest absolute Gasteiger partial charge is 0.252 e. The summed E-state index contributed by atoms with van der Waals surface area (Å²) in [5, 5.41) is 11.2. The fourth-order valence-electron chi connectivity index (χ4n) is 5.16. The Morgan fingerprint density at radius 3 is 2.69 bits per heavy atom. The molecule has 1 aliphatic carbocycles. The molecule has 0 unspecified atom stereocenters. The number of aryl methyl sites for hydroxylation is 1. The number of hydrogen-bond acceptors (Lipinski definition) is 5. The molecule has 2 heterocycles. The molecule has 1 N–H and O–H groups in total. The maximum Gasteiger partial charge on any atom is 0.252 e. The van der Waals surface area contributed by atoms with Gasteiger partial charge in [-0.1, -0.05) is 29.7 Å². The second-order valence-corrected chi connectivity index (χ2v) is 10.5. The van der Waals surface area contributed by atoms with Crippen LogP contribution in [0.4, 0.5) is 24.7 Å². The summed E-state index contributed by atoms with van der Waals surface area (Å²) in [5.41, 5.74) is -0.361. The summed E-state index contributed by atoms with van der Waals surface area (Å²) in [6, 6.07) is 0.474. The first-order valence-corrected chi connectivity index (χ1v) is 13.2. The number of pyridine rings is 1. The third kappa shape index (κ3) is 5.81. The minimum Gasteiger partial charge on any atom is -0.351 e. The van der Waals surface area contributed by atoms with E-state index in [9.17, 15) is 32.8 Å². The number of halogens is 4. The second-order valence-electron chi connectivity index (χ2n) is 10.1. The monoisotopic (exact) mass is 599 g/mol. The molecule has 1 aromatic heterocycles. The van der Waals surface area contributed by atoms with Crippen LogP contribution in [-0.4, -0.2) is 40.7 Å². The Kier molecular flexibility index (Phi) is 6.60. The molecule has 3 amide bonds. The molecule has 2 fully saturated rings. The van der Waals surface area contributed by atoms with E-state index in [4.69, 9.17) is 17.1 Å². The predicted octanol–water partition coefficient (Wildman–Crippen LogP) is 5.24. The molecule has 2 aromatic carbocycles. The topological polar surface area (TPSA) is 106 Å². The highest BCUT2D eigenvalue weighted by Crippen LogP contribution is 2.40. The summed E-state index contributed by atoms with van der Waals surface area (Å²) in [4.78, 5) is 47.8. The molecule has 1 saturated carbocycles. The van der Waals surface area contributed by atoms with Gasteiger partial charge in [0, 0.05) is 47.8 Å². The van der Waals surface area contributed by atoms with Crippen molar-refractivity contribution in [3.8, 4) is 6.07 Å². The van der Waals surface area contributed by atoms with Gasteiger partial charge >= 0.3 is 0 Å². The zero-order valence-corrected chi connectivity index (χ0v) is 22.8. The normalized spacial score (nSPS) is 20.0. The minimum absolute atomic E-state index is 0.0485. The van der Waals surface area contributed by atoms with E-state index in [2.05, 4.69) is 10.3 Å². The van der Waals surface area contributed by atoms with Crippen LogP contribution in [0.2, 0.25) is 5.02 Å². The number of anilines is 2. The highest BCUT2D eigenvalue weighted by atomic mass is 35.5. The molecule has 0 spiro atoms. The summed E-state index contributed by atoms with van der Waals surface area (Å²) >= 11 is 6.46. The number of benzene rings is 2. The zero-order valence-electron chi connectivity index (χ0n) is 26.1. The number of nitrogens with zero attached hydrogens (tertiary/aromatic N) is 4. The summed E-state index contributed by atoms with van der Waals surface area (Å²) in [7, 11) is 0. The number of alkyl halides is 2. The first-order valence-electron chi connectivity index (χ1n) is 14.9. The Morgan fingerprint density at radius 2 is 2.00 bits per heavy atom. The SMILES string of the molecule is [2H]c1c([2H])c([2H])c([C@@H](C(=O)NC2CC(F)(F)C2)N(C(=O)[C@@H]2CCC(=O)N2c2cc(C#N)ccn2)c2cc(C)cc(F)c2)c(Cl)c1[2H]. The lowest BCUT2D eigenvalue weighted by Gasteiger charge is -2.39. The lowest BCUT2D eigenvalue weighted by atomic mass is 9.87. The van der Waals surface area contributed by atoms with Crippen LogP contribution >= 0.6 is 11.6 Å². The Hall–Kier alpha value is -4.43. The molecule has 216 valence electrons. The van der Waals surface area contributed by atoms with Crippen molar-refractivity contribution in [1.29, 1.82) is 5.26 Å². The van der Waals surface area contributed by atoms with E-state index in [1.165, 1.54) is 31.3 Å². The fourth-order valence-corrected chi connectivity index (χ4v) is 5.36. The molecule has 1 saturated heterocycles. The Bertz CT molecular complexity index is 1770. The lowest BCUT2D eigenvalue weighted by Crippen LogP contribution is -2.56. The molecule has 0 bridgehead atoms. The third-order valence-corrected chi connectivity index (χ3v) is 7.34. The Morgan fingerprint density at radius 1 is 1.26 bits per heavy atom. The number of nitrogens with one attached hydrogen (secondary N) is 1. The maximum atomic E-state index is 14.9. The van der Waals surface area contributed by atoms with Gasteiger partial charge in [-0.2, -0.15) is 5.26 Å². The van der Waals surface area contributed by atoms with Gasteiger partial charge in [0.15, 0.2) is 0 Å². The van der Waals surface area contributed by atoms with Crippen molar-refractivity contribution in [3.05, 3.63) is 88.2 Å². The molecule has 1 aliphatic heterocycles. The largest absolute Gasteiger partial charge is 0.351 e. The summed E-state index contributed by atoms with van der Waals surface area (Å²) in [6.07, 6.45) is -0.426. The van der Waals surface area contributed by atoms with E-state index >= 15 is 0 Å². The van der Waals surface area contributed by atoms with Crippen LogP contribution < -0.4 is 15.1 Å². The predicted molar refractivity (Wildman–Crippen MR) is 148 cm³/mol. The summed E-state index contributed by atoms with van der Waals surface area (Å²) in [5.74, 6) is -6.58. The van der Waals surface area contributed by atoms with Gasteiger partial charge in [0.25, 0.3) is 11.8 Å². The standard InChI is InChI=1S/C30H25ClF3N5O3/c1-17-10-19(32)13-21(11-17)38(29(42)24-6-7-26(40)39(24)25-12-18(16-35)8-9-36-25)27(22-4-2-3-5-23(22)31)28(41)37-20-14-30(33,34)15-20/h2-5,8-13,20,24,27H,6-7,14-15H2,1H3,(H,37,41)/t24-,27-/m0/s1/i2D,3D,4D,5D. The van der Waals surface area contributed by atoms with Crippen LogP contribution in [0.5, 0.6) is 0 Å². The number of nitriles is 1. The van der Waals surface area contributed by atoms with E-state index in [0.29, 0.717) is 5.56 Å². The number of carbonyl (C=O) groups excluding carboxylic acids is 3. The minimum atomic E-state index is -3.05. The van der Waals surface area contributed by atoms with E-state index in [1.54, 1.807) is 0 Å². The summed E-state index contributed by atoms with van der Waals surface area (Å²) < 4.78 is 75.6. The van der Waals surface area contributed by atoms with Gasteiger partial charge < -0.3 is 5.32 Å². The van der Waals surface area contributed by atoms with Crippen LogP contribution in [0.15, 0.2) is 60.7 Å². The van der Waals surface area contributed by atoms with Crippen molar-refractivity contribution in [2.75, 3.05) is 9.80 Å². The number of aromatic nitrogens is 1. The van der Waals surface area contributed by atoms with Crippen molar-refractivity contribution in [2.24, 2.45) is 0 Å². The van der Waals surface area contributed by atoms with Crippen LogP contribution in [0, 0.1) is 24.1 Å². The van der Waals surface area contributed by atoms with E-state index in [1.807, 2.05) is 6.07 Å². The van der Waals surface area contributed by atoms with Gasteiger partial charge in [0.05, 0.1) is 17.1 Å². The molecular formula is C30H25ClF3N5O3. The highest BCUT2D eigenvalue weighted by Gasteiger charge is 2.48.